The van der Waals surface area contributed by atoms with E-state index in [1.807, 2.05) is 0 Å². The lowest BCUT2D eigenvalue weighted by atomic mass is 10.1. The van der Waals surface area contributed by atoms with Crippen molar-refractivity contribution in [1.29, 1.82) is 0 Å². The van der Waals surface area contributed by atoms with Gasteiger partial charge in [-0.3, -0.25) is 0 Å². The minimum atomic E-state index is -4.83. The van der Waals surface area contributed by atoms with Crippen LogP contribution in [-0.2, 0) is 11.5 Å². The molecule has 1 heterocycles. The first kappa shape index (κ1) is 14.1. The molecule has 1 aromatic heterocycles. The van der Waals surface area contributed by atoms with Crippen LogP contribution in [0.2, 0.25) is 0 Å². The fourth-order valence-corrected chi connectivity index (χ4v) is 2.21. The summed E-state index contributed by atoms with van der Waals surface area (Å²) in [6.45, 7) is 0. The summed E-state index contributed by atoms with van der Waals surface area (Å²) in [5, 5.41) is -0.224. The first-order valence-electron chi connectivity index (χ1n) is 3.88. The lowest BCUT2D eigenvalue weighted by Gasteiger charge is -2.15. The van der Waals surface area contributed by atoms with Gasteiger partial charge in [-0.1, -0.05) is 15.9 Å². The average molecular weight is 416 g/mol. The van der Waals surface area contributed by atoms with Gasteiger partial charge in [0.1, 0.15) is 3.70 Å². The summed E-state index contributed by atoms with van der Waals surface area (Å²) in [7, 11) is 0. The molecule has 0 radical (unpaired) electrons. The number of rotatable bonds is 2. The fourth-order valence-electron chi connectivity index (χ4n) is 1.18. The zero-order valence-electron chi connectivity index (χ0n) is 7.45. The van der Waals surface area contributed by atoms with Gasteiger partial charge < -0.3 is 0 Å². The van der Waals surface area contributed by atoms with Crippen molar-refractivity contribution in [3.8, 4) is 0 Å². The lowest BCUT2D eigenvalue weighted by Crippen LogP contribution is -2.15. The molecule has 90 valence electrons. The number of halogens is 7. The predicted octanol–water partition coefficient (Wildman–Crippen LogP) is 4.54. The van der Waals surface area contributed by atoms with Crippen LogP contribution in [0.3, 0.4) is 0 Å². The summed E-state index contributed by atoms with van der Waals surface area (Å²) in [6.07, 6.45) is -8.00. The summed E-state index contributed by atoms with van der Waals surface area (Å²) in [6, 6.07) is 0.750. The van der Waals surface area contributed by atoms with Gasteiger partial charge in [0.2, 0.25) is 0 Å². The Labute approximate surface area is 110 Å². The molecule has 0 N–H and O–H groups in total. The molecule has 0 bridgehead atoms. The first-order chi connectivity index (χ1) is 7.27. The Morgan fingerprint density at radius 2 is 1.94 bits per heavy atom. The average Bonchev–Trinajstić information content (AvgIpc) is 2.14. The number of hydrogen-bond donors (Lipinski definition) is 0. The van der Waals surface area contributed by atoms with E-state index in [1.54, 1.807) is 22.6 Å². The van der Waals surface area contributed by atoms with Gasteiger partial charge in [-0.25, -0.2) is 13.8 Å². The van der Waals surface area contributed by atoms with Crippen LogP contribution in [0.1, 0.15) is 23.2 Å². The van der Waals surface area contributed by atoms with Crippen molar-refractivity contribution in [2.75, 3.05) is 0 Å². The molecule has 0 unspecified atom stereocenters. The Morgan fingerprint density at radius 3 is 2.31 bits per heavy atom. The molecular formula is C8H4BrF5IN. The molecule has 0 spiro atoms. The van der Waals surface area contributed by atoms with Crippen molar-refractivity contribution in [2.24, 2.45) is 0 Å². The molecule has 8 heteroatoms. The zero-order chi connectivity index (χ0) is 12.5. The molecule has 1 aromatic rings. The van der Waals surface area contributed by atoms with Crippen LogP contribution in [0.5, 0.6) is 0 Å². The highest BCUT2D eigenvalue weighted by atomic mass is 127. The molecule has 0 amide bonds. The largest absolute Gasteiger partial charge is 0.418 e. The number of nitrogens with zero attached hydrogens (tertiary/aromatic N) is 1. The van der Waals surface area contributed by atoms with Crippen molar-refractivity contribution in [1.82, 2.24) is 4.98 Å². The van der Waals surface area contributed by atoms with Crippen molar-refractivity contribution < 1.29 is 22.0 Å². The molecule has 1 nitrogen and oxygen atoms in total. The summed E-state index contributed by atoms with van der Waals surface area (Å²) >= 11 is 4.41. The second-order valence-electron chi connectivity index (χ2n) is 2.79. The lowest BCUT2D eigenvalue weighted by molar-refractivity contribution is -0.140. The summed E-state index contributed by atoms with van der Waals surface area (Å²) in [5.74, 6) is 0. The third-order valence-electron chi connectivity index (χ3n) is 1.74. The Bertz CT molecular complexity index is 393. The highest BCUT2D eigenvalue weighted by molar-refractivity contribution is 14.1. The second-order valence-corrected chi connectivity index (χ2v) is 4.45. The Hall–Kier alpha value is 0.01000. The quantitative estimate of drug-likeness (QED) is 0.299. The maximum absolute atomic E-state index is 12.6. The Kier molecular flexibility index (Phi) is 4.49. The maximum Gasteiger partial charge on any atom is 0.418 e. The van der Waals surface area contributed by atoms with E-state index in [2.05, 4.69) is 20.9 Å². The first-order valence-corrected chi connectivity index (χ1v) is 6.08. The van der Waals surface area contributed by atoms with Gasteiger partial charge in [0.25, 0.3) is 6.43 Å². The van der Waals surface area contributed by atoms with Crippen LogP contribution in [0, 0.1) is 3.70 Å². The Morgan fingerprint density at radius 1 is 1.38 bits per heavy atom. The van der Waals surface area contributed by atoms with Crippen LogP contribution < -0.4 is 0 Å². The van der Waals surface area contributed by atoms with Gasteiger partial charge in [-0.05, 0) is 28.7 Å². The van der Waals surface area contributed by atoms with Gasteiger partial charge in [-0.2, -0.15) is 13.2 Å². The molecular weight excluding hydrogens is 412 g/mol. The summed E-state index contributed by atoms with van der Waals surface area (Å²) in [4.78, 5) is 3.59. The zero-order valence-corrected chi connectivity index (χ0v) is 11.2. The van der Waals surface area contributed by atoms with Crippen molar-refractivity contribution in [3.63, 3.8) is 0 Å². The maximum atomic E-state index is 12.6. The molecule has 0 aliphatic heterocycles. The molecule has 0 saturated heterocycles. The van der Waals surface area contributed by atoms with E-state index in [0.29, 0.717) is 0 Å². The second kappa shape index (κ2) is 5.11. The van der Waals surface area contributed by atoms with E-state index < -0.39 is 29.4 Å². The standard InChI is InChI=1S/C8H4BrF5IN/c9-2-4-6(8(12,13)14)3(7(10)11)1-5(15)16-4/h1,7H,2H2. The number of hydrogen-bond acceptors (Lipinski definition) is 1. The van der Waals surface area contributed by atoms with Crippen molar-refractivity contribution in [3.05, 3.63) is 26.6 Å². The monoisotopic (exact) mass is 415 g/mol. The van der Waals surface area contributed by atoms with Crippen LogP contribution in [0.4, 0.5) is 22.0 Å². The normalized spacial score (nSPS) is 12.2. The third-order valence-corrected chi connectivity index (χ3v) is 2.82. The van der Waals surface area contributed by atoms with Gasteiger partial charge in [0, 0.05) is 10.9 Å². The van der Waals surface area contributed by atoms with E-state index in [4.69, 9.17) is 0 Å². The minimum Gasteiger partial charge on any atom is -0.245 e. The van der Waals surface area contributed by atoms with Crippen LogP contribution in [-0.4, -0.2) is 4.98 Å². The fraction of sp³-hybridized carbons (Fsp3) is 0.375. The molecule has 0 saturated carbocycles. The van der Waals surface area contributed by atoms with Gasteiger partial charge in [0.05, 0.1) is 11.3 Å². The van der Waals surface area contributed by atoms with Gasteiger partial charge in [0.15, 0.2) is 0 Å². The molecule has 1 rings (SSSR count). The molecule has 0 aliphatic carbocycles. The number of aromatic nitrogens is 1. The van der Waals surface area contributed by atoms with E-state index in [1.165, 1.54) is 0 Å². The van der Waals surface area contributed by atoms with E-state index in [9.17, 15) is 22.0 Å². The summed E-state index contributed by atoms with van der Waals surface area (Å²) in [5.41, 5.74) is -2.80. The predicted molar refractivity (Wildman–Crippen MR) is 59.5 cm³/mol. The molecule has 0 atom stereocenters. The van der Waals surface area contributed by atoms with Crippen LogP contribution in [0.25, 0.3) is 0 Å². The number of pyridine rings is 1. The van der Waals surface area contributed by atoms with E-state index >= 15 is 0 Å². The van der Waals surface area contributed by atoms with Crippen LogP contribution >= 0.6 is 38.5 Å². The van der Waals surface area contributed by atoms with Gasteiger partial charge in [-0.15, -0.1) is 0 Å². The van der Waals surface area contributed by atoms with E-state index in [0.717, 1.165) is 6.07 Å². The third kappa shape index (κ3) is 3.02. The van der Waals surface area contributed by atoms with Gasteiger partial charge >= 0.3 is 6.18 Å². The Balaban J connectivity index is 3.52. The minimum absolute atomic E-state index is 0.107. The van der Waals surface area contributed by atoms with Crippen LogP contribution in [0.15, 0.2) is 6.07 Å². The molecule has 0 fully saturated rings. The van der Waals surface area contributed by atoms with E-state index in [-0.39, 0.29) is 9.03 Å². The van der Waals surface area contributed by atoms with Crippen molar-refractivity contribution in [2.45, 2.75) is 17.9 Å². The highest BCUT2D eigenvalue weighted by Crippen LogP contribution is 2.39. The number of alkyl halides is 6. The summed E-state index contributed by atoms with van der Waals surface area (Å²) < 4.78 is 62.9. The SMILES string of the molecule is FC(F)c1cc(I)nc(CBr)c1C(F)(F)F. The topological polar surface area (TPSA) is 12.9 Å². The molecule has 0 aromatic carbocycles. The molecule has 16 heavy (non-hydrogen) atoms. The van der Waals surface area contributed by atoms with Crippen molar-refractivity contribution >= 4 is 38.5 Å². The highest BCUT2D eigenvalue weighted by Gasteiger charge is 2.39. The smallest absolute Gasteiger partial charge is 0.245 e. The molecule has 0 aliphatic rings.